The molecule has 1 saturated heterocycles. The number of halogens is 1. The Labute approximate surface area is 185 Å². The third kappa shape index (κ3) is 5.07. The molecule has 0 saturated carbocycles. The smallest absolute Gasteiger partial charge is 0.193 e. The molecule has 3 rings (SSSR count). The second-order valence-corrected chi connectivity index (χ2v) is 7.55. The maximum absolute atomic E-state index is 4.93. The van der Waals surface area contributed by atoms with Crippen LogP contribution in [0.2, 0.25) is 0 Å². The van der Waals surface area contributed by atoms with Crippen LogP contribution in [0.4, 0.5) is 0 Å². The first-order valence-electron chi connectivity index (χ1n) is 10.0. The predicted octanol–water partition coefficient (Wildman–Crippen LogP) is 2.94. The fraction of sp³-hybridized carbons (Fsp3) is 0.650. The number of piperidine rings is 1. The van der Waals surface area contributed by atoms with Crippen molar-refractivity contribution in [3.8, 4) is 0 Å². The lowest BCUT2D eigenvalue weighted by atomic mass is 9.93. The molecule has 0 radical (unpaired) electrons. The number of nitrogens with zero attached hydrogens (tertiary/aromatic N) is 6. The molecule has 1 aliphatic heterocycles. The van der Waals surface area contributed by atoms with Crippen molar-refractivity contribution >= 4 is 29.9 Å². The highest BCUT2D eigenvalue weighted by atomic mass is 127. The molecule has 2 aromatic rings. The number of hydrogen-bond acceptors (Lipinski definition) is 3. The Kier molecular flexibility index (Phi) is 8.33. The molecule has 156 valence electrons. The zero-order valence-electron chi connectivity index (χ0n) is 17.7. The van der Waals surface area contributed by atoms with Gasteiger partial charge in [0.15, 0.2) is 5.96 Å². The lowest BCUT2D eigenvalue weighted by Gasteiger charge is -2.39. The molecule has 2 aromatic heterocycles. The fourth-order valence-electron chi connectivity index (χ4n) is 3.97. The molecule has 0 spiro atoms. The first-order chi connectivity index (χ1) is 13.0. The zero-order chi connectivity index (χ0) is 19.4. The van der Waals surface area contributed by atoms with Crippen molar-refractivity contribution in [3.05, 3.63) is 35.7 Å². The summed E-state index contributed by atoms with van der Waals surface area (Å²) in [6.45, 7) is 12.3. The van der Waals surface area contributed by atoms with Crippen molar-refractivity contribution in [2.45, 2.75) is 46.6 Å². The van der Waals surface area contributed by atoms with Crippen molar-refractivity contribution in [2.75, 3.05) is 26.2 Å². The first kappa shape index (κ1) is 22.7. The van der Waals surface area contributed by atoms with Gasteiger partial charge in [0.25, 0.3) is 0 Å². The van der Waals surface area contributed by atoms with Crippen LogP contribution in [0.15, 0.2) is 23.7 Å². The number of guanidine groups is 1. The average molecular weight is 499 g/mol. The highest BCUT2D eigenvalue weighted by Gasteiger charge is 2.28. The summed E-state index contributed by atoms with van der Waals surface area (Å²) in [7, 11) is 2.00. The molecule has 1 fully saturated rings. The number of hydrogen-bond donors (Lipinski definition) is 1. The number of nitrogens with one attached hydrogen (secondary N) is 1. The van der Waals surface area contributed by atoms with Gasteiger partial charge in [-0.05, 0) is 45.1 Å². The summed E-state index contributed by atoms with van der Waals surface area (Å²) in [6.07, 6.45) is 7.96. The van der Waals surface area contributed by atoms with Gasteiger partial charge in [-0.15, -0.1) is 24.0 Å². The largest absolute Gasteiger partial charge is 0.357 e. The first-order valence-corrected chi connectivity index (χ1v) is 10.0. The Morgan fingerprint density at radius 1 is 1.36 bits per heavy atom. The standard InChI is InChI=1S/C20H33N7.HI/c1-6-22-20(23-9-7-18-16(3)24-25(5)17(18)4)26-11-8-15(2)19(13-26)27-12-10-21-14-27;/h10,12,14-15,19H,6-9,11,13H2,1-5H3,(H,22,23);1H. The van der Waals surface area contributed by atoms with Gasteiger partial charge < -0.3 is 14.8 Å². The van der Waals surface area contributed by atoms with Gasteiger partial charge in [-0.25, -0.2) is 4.98 Å². The second kappa shape index (κ2) is 10.3. The number of aliphatic imine (C=N–C) groups is 1. The zero-order valence-corrected chi connectivity index (χ0v) is 20.1. The highest BCUT2D eigenvalue weighted by Crippen LogP contribution is 2.27. The van der Waals surface area contributed by atoms with Crippen LogP contribution in [0.25, 0.3) is 0 Å². The van der Waals surface area contributed by atoms with Gasteiger partial charge >= 0.3 is 0 Å². The lowest BCUT2D eigenvalue weighted by molar-refractivity contribution is 0.189. The molecule has 2 unspecified atom stereocenters. The van der Waals surface area contributed by atoms with Crippen LogP contribution in [-0.4, -0.2) is 56.4 Å². The predicted molar refractivity (Wildman–Crippen MR) is 124 cm³/mol. The highest BCUT2D eigenvalue weighted by molar-refractivity contribution is 14.0. The Morgan fingerprint density at radius 3 is 2.75 bits per heavy atom. The summed E-state index contributed by atoms with van der Waals surface area (Å²) in [5.74, 6) is 1.66. The Balaban J connectivity index is 0.00000280. The number of aromatic nitrogens is 4. The van der Waals surface area contributed by atoms with E-state index in [1.54, 1.807) is 0 Å². The molecule has 0 aliphatic carbocycles. The van der Waals surface area contributed by atoms with Crippen LogP contribution in [0.3, 0.4) is 0 Å². The lowest BCUT2D eigenvalue weighted by Crippen LogP contribution is -2.49. The van der Waals surface area contributed by atoms with E-state index in [2.05, 4.69) is 58.8 Å². The average Bonchev–Trinajstić information content (AvgIpc) is 3.25. The Bertz CT molecular complexity index is 766. The molecule has 3 heterocycles. The third-order valence-electron chi connectivity index (χ3n) is 5.74. The maximum Gasteiger partial charge on any atom is 0.193 e. The minimum absolute atomic E-state index is 0. The van der Waals surface area contributed by atoms with E-state index < -0.39 is 0 Å². The molecular formula is C20H34IN7. The second-order valence-electron chi connectivity index (χ2n) is 7.55. The van der Waals surface area contributed by atoms with Crippen molar-refractivity contribution < 1.29 is 0 Å². The van der Waals surface area contributed by atoms with Crippen LogP contribution < -0.4 is 5.32 Å². The molecule has 1 N–H and O–H groups in total. The molecule has 28 heavy (non-hydrogen) atoms. The van der Waals surface area contributed by atoms with Crippen LogP contribution in [0.1, 0.15) is 43.3 Å². The van der Waals surface area contributed by atoms with Gasteiger partial charge in [0.1, 0.15) is 0 Å². The van der Waals surface area contributed by atoms with Crippen molar-refractivity contribution in [1.82, 2.24) is 29.5 Å². The van der Waals surface area contributed by atoms with Crippen LogP contribution >= 0.6 is 24.0 Å². The van der Waals surface area contributed by atoms with Gasteiger partial charge in [0.05, 0.1) is 18.1 Å². The number of aryl methyl sites for hydroxylation is 2. The summed E-state index contributed by atoms with van der Waals surface area (Å²) in [4.78, 5) is 11.6. The Hall–Kier alpha value is -1.58. The van der Waals surface area contributed by atoms with E-state index in [0.717, 1.165) is 50.7 Å². The minimum atomic E-state index is 0. The van der Waals surface area contributed by atoms with E-state index in [4.69, 9.17) is 4.99 Å². The third-order valence-corrected chi connectivity index (χ3v) is 5.74. The molecule has 0 amide bonds. The van der Waals surface area contributed by atoms with Crippen molar-refractivity contribution in [3.63, 3.8) is 0 Å². The van der Waals surface area contributed by atoms with Gasteiger partial charge in [-0.2, -0.15) is 5.10 Å². The quantitative estimate of drug-likeness (QED) is 0.391. The minimum Gasteiger partial charge on any atom is -0.357 e. The molecule has 1 aliphatic rings. The van der Waals surface area contributed by atoms with Gasteiger partial charge in [0.2, 0.25) is 0 Å². The molecule has 0 aromatic carbocycles. The number of imidazole rings is 1. The van der Waals surface area contributed by atoms with Crippen LogP contribution in [0.5, 0.6) is 0 Å². The number of rotatable bonds is 5. The van der Waals surface area contributed by atoms with Crippen LogP contribution in [0, 0.1) is 19.8 Å². The summed E-state index contributed by atoms with van der Waals surface area (Å²) >= 11 is 0. The maximum atomic E-state index is 4.93. The summed E-state index contributed by atoms with van der Waals surface area (Å²) in [6, 6.07) is 0.438. The van der Waals surface area contributed by atoms with E-state index in [1.165, 1.54) is 11.3 Å². The van der Waals surface area contributed by atoms with Crippen molar-refractivity contribution in [2.24, 2.45) is 18.0 Å². The molecule has 8 heteroatoms. The molecule has 0 bridgehead atoms. The van der Waals surface area contributed by atoms with Gasteiger partial charge in [-0.3, -0.25) is 9.67 Å². The molecular weight excluding hydrogens is 465 g/mol. The molecule has 7 nitrogen and oxygen atoms in total. The van der Waals surface area contributed by atoms with E-state index in [0.29, 0.717) is 12.0 Å². The number of likely N-dealkylation sites (tertiary alicyclic amines) is 1. The topological polar surface area (TPSA) is 63.3 Å². The summed E-state index contributed by atoms with van der Waals surface area (Å²) < 4.78 is 4.20. The van der Waals surface area contributed by atoms with E-state index in [9.17, 15) is 0 Å². The molecule has 2 atom stereocenters. The Morgan fingerprint density at radius 2 is 2.14 bits per heavy atom. The summed E-state index contributed by atoms with van der Waals surface area (Å²) in [5, 5.41) is 8.00. The van der Waals surface area contributed by atoms with Gasteiger partial charge in [-0.1, -0.05) is 6.92 Å². The van der Waals surface area contributed by atoms with Crippen molar-refractivity contribution in [1.29, 1.82) is 0 Å². The van der Waals surface area contributed by atoms with E-state index >= 15 is 0 Å². The van der Waals surface area contributed by atoms with Crippen LogP contribution in [-0.2, 0) is 13.5 Å². The van der Waals surface area contributed by atoms with E-state index in [1.807, 2.05) is 24.3 Å². The monoisotopic (exact) mass is 499 g/mol. The van der Waals surface area contributed by atoms with Gasteiger partial charge in [0, 0.05) is 51.3 Å². The summed E-state index contributed by atoms with van der Waals surface area (Å²) in [5.41, 5.74) is 3.67. The van der Waals surface area contributed by atoms with E-state index in [-0.39, 0.29) is 24.0 Å². The fourth-order valence-corrected chi connectivity index (χ4v) is 3.97. The normalized spacial score (nSPS) is 20.2. The SMILES string of the molecule is CCNC(=NCCc1c(C)nn(C)c1C)N1CCC(C)C(n2ccnc2)C1.I.